The Morgan fingerprint density at radius 1 is 1.15 bits per heavy atom. The van der Waals surface area contributed by atoms with E-state index in [1.165, 1.54) is 6.33 Å². The van der Waals surface area contributed by atoms with Gasteiger partial charge in [0.05, 0.1) is 23.1 Å². The van der Waals surface area contributed by atoms with E-state index in [1.54, 1.807) is 16.9 Å². The number of anilines is 2. The second kappa shape index (κ2) is 8.07. The van der Waals surface area contributed by atoms with Crippen LogP contribution in [0.1, 0.15) is 42.9 Å². The fourth-order valence-corrected chi connectivity index (χ4v) is 5.21. The first-order valence-electron chi connectivity index (χ1n) is 11.6. The molecule has 2 N–H and O–H groups in total. The largest absolute Gasteiger partial charge is 0.481 e. The van der Waals surface area contributed by atoms with E-state index < -0.39 is 6.10 Å². The average molecular weight is 450 g/mol. The molecule has 0 radical (unpaired) electrons. The summed E-state index contributed by atoms with van der Waals surface area (Å²) in [5, 5.41) is 11.0. The molecule has 1 aromatic carbocycles. The third-order valence-electron chi connectivity index (χ3n) is 7.16. The quantitative estimate of drug-likeness (QED) is 0.635. The van der Waals surface area contributed by atoms with E-state index in [0.717, 1.165) is 61.4 Å². The van der Waals surface area contributed by atoms with Gasteiger partial charge in [-0.15, -0.1) is 0 Å². The highest BCUT2D eigenvalue weighted by Crippen LogP contribution is 2.44. The van der Waals surface area contributed by atoms with Crippen LogP contribution in [0, 0.1) is 5.82 Å². The number of likely N-dealkylation sites (tertiary alicyclic amines) is 1. The molecule has 0 saturated carbocycles. The normalized spacial score (nSPS) is 21.4. The first-order chi connectivity index (χ1) is 16.1. The molecule has 3 aliphatic heterocycles. The summed E-state index contributed by atoms with van der Waals surface area (Å²) in [6, 6.07) is 4.36. The van der Waals surface area contributed by atoms with E-state index in [0.29, 0.717) is 23.5 Å². The summed E-state index contributed by atoms with van der Waals surface area (Å²) in [4.78, 5) is 11.5. The number of benzene rings is 1. The molecule has 0 bridgehead atoms. The van der Waals surface area contributed by atoms with Gasteiger partial charge in [-0.05, 0) is 56.5 Å². The molecular weight excluding hydrogens is 421 g/mol. The van der Waals surface area contributed by atoms with E-state index in [-0.39, 0.29) is 11.6 Å². The number of piperidine rings is 1. The SMILES string of the molecule is C[C@H]1Oc2c(F)cc(C3CCN(C4CNC4)CC3)cc2Nc2ncnc(-c3cnn(C)c3)c21. The van der Waals surface area contributed by atoms with Crippen LogP contribution in [0.4, 0.5) is 15.9 Å². The molecular formula is C24H28FN7O. The molecule has 0 unspecified atom stereocenters. The lowest BCUT2D eigenvalue weighted by atomic mass is 9.88. The fraction of sp³-hybridized carbons (Fsp3) is 0.458. The molecule has 2 fully saturated rings. The van der Waals surface area contributed by atoms with Crippen molar-refractivity contribution in [3.63, 3.8) is 0 Å². The molecule has 2 saturated heterocycles. The van der Waals surface area contributed by atoms with E-state index in [2.05, 4.69) is 30.6 Å². The Morgan fingerprint density at radius 2 is 1.97 bits per heavy atom. The van der Waals surface area contributed by atoms with Crippen LogP contribution >= 0.6 is 0 Å². The summed E-state index contributed by atoms with van der Waals surface area (Å²) >= 11 is 0. The van der Waals surface area contributed by atoms with E-state index >= 15 is 4.39 Å². The summed E-state index contributed by atoms with van der Waals surface area (Å²) in [6.45, 7) is 6.18. The maximum Gasteiger partial charge on any atom is 0.179 e. The molecule has 2 aromatic heterocycles. The van der Waals surface area contributed by atoms with E-state index in [1.807, 2.05) is 26.2 Å². The second-order valence-electron chi connectivity index (χ2n) is 9.27. The zero-order valence-corrected chi connectivity index (χ0v) is 18.9. The number of ether oxygens (including phenoxy) is 1. The van der Waals surface area contributed by atoms with Crippen LogP contribution in [-0.2, 0) is 7.05 Å². The standard InChI is InChI=1S/C24H28FN7O/c1-14-21-22(17-9-29-31(2)12-17)27-13-28-24(21)30-20-8-16(7-19(25)23(20)33-14)15-3-5-32(6-4-15)18-10-26-11-18/h7-9,12-15,18,26H,3-6,10-11H2,1-2H3,(H,27,28,30)/t14-/m1/s1. The van der Waals surface area contributed by atoms with Crippen molar-refractivity contribution in [2.75, 3.05) is 31.5 Å². The Balaban J connectivity index is 1.31. The molecule has 1 atom stereocenters. The molecule has 8 nitrogen and oxygen atoms in total. The number of nitrogens with one attached hydrogen (secondary N) is 2. The van der Waals surface area contributed by atoms with Crippen molar-refractivity contribution in [1.29, 1.82) is 0 Å². The molecule has 172 valence electrons. The van der Waals surface area contributed by atoms with Gasteiger partial charge in [-0.25, -0.2) is 14.4 Å². The number of nitrogens with zero attached hydrogens (tertiary/aromatic N) is 5. The minimum atomic E-state index is -0.426. The van der Waals surface area contributed by atoms with Gasteiger partial charge in [0, 0.05) is 37.9 Å². The lowest BCUT2D eigenvalue weighted by molar-refractivity contribution is 0.113. The van der Waals surface area contributed by atoms with E-state index in [4.69, 9.17) is 4.74 Å². The van der Waals surface area contributed by atoms with Crippen molar-refractivity contribution < 1.29 is 9.13 Å². The Labute approximate surface area is 192 Å². The van der Waals surface area contributed by atoms with Gasteiger partial charge in [-0.2, -0.15) is 5.10 Å². The first-order valence-corrected chi connectivity index (χ1v) is 11.6. The highest BCUT2D eigenvalue weighted by Gasteiger charge is 2.32. The molecule has 0 aliphatic carbocycles. The van der Waals surface area contributed by atoms with Crippen LogP contribution in [0.15, 0.2) is 30.9 Å². The van der Waals surface area contributed by atoms with Gasteiger partial charge in [0.1, 0.15) is 18.2 Å². The van der Waals surface area contributed by atoms with Crippen LogP contribution < -0.4 is 15.4 Å². The van der Waals surface area contributed by atoms with Crippen LogP contribution in [0.2, 0.25) is 0 Å². The number of fused-ring (bicyclic) bond motifs is 2. The Hall–Kier alpha value is -3.04. The van der Waals surface area contributed by atoms with Gasteiger partial charge in [-0.1, -0.05) is 0 Å². The van der Waals surface area contributed by atoms with Crippen molar-refractivity contribution in [2.45, 2.75) is 37.8 Å². The van der Waals surface area contributed by atoms with Gasteiger partial charge < -0.3 is 15.4 Å². The Bertz CT molecular complexity index is 1180. The molecule has 3 aromatic rings. The highest BCUT2D eigenvalue weighted by atomic mass is 19.1. The predicted octanol–water partition coefficient (Wildman–Crippen LogP) is 3.36. The van der Waals surface area contributed by atoms with Crippen LogP contribution in [0.3, 0.4) is 0 Å². The minimum Gasteiger partial charge on any atom is -0.481 e. The number of aromatic nitrogens is 4. The van der Waals surface area contributed by atoms with Crippen LogP contribution in [0.25, 0.3) is 11.3 Å². The monoisotopic (exact) mass is 449 g/mol. The van der Waals surface area contributed by atoms with Crippen LogP contribution in [-0.4, -0.2) is 56.9 Å². The van der Waals surface area contributed by atoms with Crippen molar-refractivity contribution in [2.24, 2.45) is 7.05 Å². The average Bonchev–Trinajstić information content (AvgIpc) is 3.14. The third-order valence-corrected chi connectivity index (χ3v) is 7.16. The number of halogens is 1. The number of hydrogen-bond acceptors (Lipinski definition) is 7. The van der Waals surface area contributed by atoms with Crippen molar-refractivity contribution in [3.8, 4) is 17.0 Å². The lowest BCUT2D eigenvalue weighted by Crippen LogP contribution is -2.58. The first kappa shape index (κ1) is 20.6. The van der Waals surface area contributed by atoms with Crippen LogP contribution in [0.5, 0.6) is 5.75 Å². The number of aryl methyl sites for hydroxylation is 1. The van der Waals surface area contributed by atoms with Crippen molar-refractivity contribution in [3.05, 3.63) is 47.8 Å². The van der Waals surface area contributed by atoms with Gasteiger partial charge in [0.25, 0.3) is 0 Å². The maximum atomic E-state index is 15.3. The molecule has 0 amide bonds. The minimum absolute atomic E-state index is 0.236. The zero-order chi connectivity index (χ0) is 22.5. The number of hydrogen-bond donors (Lipinski definition) is 2. The summed E-state index contributed by atoms with van der Waals surface area (Å²) in [7, 11) is 1.86. The maximum absolute atomic E-state index is 15.3. The molecule has 3 aliphatic rings. The summed E-state index contributed by atoms with van der Waals surface area (Å²) < 4.78 is 23.2. The Morgan fingerprint density at radius 3 is 2.67 bits per heavy atom. The van der Waals surface area contributed by atoms with E-state index in [9.17, 15) is 0 Å². The molecule has 33 heavy (non-hydrogen) atoms. The summed E-state index contributed by atoms with van der Waals surface area (Å²) in [5.74, 6) is 0.877. The fourth-order valence-electron chi connectivity index (χ4n) is 5.21. The van der Waals surface area contributed by atoms with Crippen molar-refractivity contribution in [1.82, 2.24) is 30.0 Å². The summed E-state index contributed by atoms with van der Waals surface area (Å²) in [6.07, 6.45) is 6.84. The smallest absolute Gasteiger partial charge is 0.179 e. The van der Waals surface area contributed by atoms with Gasteiger partial charge in [0.2, 0.25) is 0 Å². The molecule has 6 rings (SSSR count). The van der Waals surface area contributed by atoms with Gasteiger partial charge in [-0.3, -0.25) is 9.58 Å². The molecule has 0 spiro atoms. The lowest BCUT2D eigenvalue weighted by Gasteiger charge is -2.42. The third kappa shape index (κ3) is 3.65. The number of rotatable bonds is 3. The van der Waals surface area contributed by atoms with Crippen molar-refractivity contribution >= 4 is 11.5 Å². The second-order valence-corrected chi connectivity index (χ2v) is 9.27. The topological polar surface area (TPSA) is 80.1 Å². The Kier molecular flexibility index (Phi) is 5.03. The highest BCUT2D eigenvalue weighted by molar-refractivity contribution is 5.75. The summed E-state index contributed by atoms with van der Waals surface area (Å²) in [5.41, 5.74) is 4.04. The molecule has 9 heteroatoms. The van der Waals surface area contributed by atoms with Gasteiger partial charge >= 0.3 is 0 Å². The molecule has 5 heterocycles. The zero-order valence-electron chi connectivity index (χ0n) is 18.9. The predicted molar refractivity (Wildman–Crippen MR) is 123 cm³/mol. The van der Waals surface area contributed by atoms with Gasteiger partial charge in [0.15, 0.2) is 11.6 Å².